The second kappa shape index (κ2) is 5.91. The number of anilines is 1. The van der Waals surface area contributed by atoms with Gasteiger partial charge >= 0.3 is 6.18 Å². The minimum atomic E-state index is -4.61. The fourth-order valence-electron chi connectivity index (χ4n) is 1.58. The Morgan fingerprint density at radius 2 is 1.86 bits per heavy atom. The Bertz CT molecular complexity index is 689. The normalized spacial score (nSPS) is 11.3. The monoisotopic (exact) mass is 334 g/mol. The number of carbonyl (C=O) groups excluding carboxylic acids is 1. The summed E-state index contributed by atoms with van der Waals surface area (Å²) in [6, 6.07) is 4.45. The first-order valence-electron chi connectivity index (χ1n) is 5.56. The number of amides is 1. The molecule has 110 valence electrons. The molecule has 0 unspecified atom stereocenters. The van der Waals surface area contributed by atoms with Gasteiger partial charge < -0.3 is 5.32 Å². The molecule has 0 fully saturated rings. The van der Waals surface area contributed by atoms with Crippen LogP contribution in [0.5, 0.6) is 0 Å². The number of alkyl halides is 3. The van der Waals surface area contributed by atoms with Crippen molar-refractivity contribution >= 4 is 34.8 Å². The zero-order chi connectivity index (χ0) is 15.6. The van der Waals surface area contributed by atoms with E-state index in [0.717, 1.165) is 12.1 Å². The van der Waals surface area contributed by atoms with E-state index < -0.39 is 22.7 Å². The predicted octanol–water partition coefficient (Wildman–Crippen LogP) is 4.66. The molecule has 1 aromatic carbocycles. The lowest BCUT2D eigenvalue weighted by molar-refractivity contribution is -0.137. The minimum Gasteiger partial charge on any atom is -0.322 e. The first kappa shape index (κ1) is 15.6. The number of nitrogens with zero attached hydrogens (tertiary/aromatic N) is 1. The molecule has 0 spiro atoms. The van der Waals surface area contributed by atoms with E-state index in [1.807, 2.05) is 0 Å². The molecule has 0 aliphatic rings. The van der Waals surface area contributed by atoms with E-state index >= 15 is 0 Å². The number of carbonyl (C=O) groups is 1. The molecule has 0 aliphatic heterocycles. The summed E-state index contributed by atoms with van der Waals surface area (Å²) >= 11 is 11.3. The first-order chi connectivity index (χ1) is 9.79. The van der Waals surface area contributed by atoms with E-state index in [4.69, 9.17) is 23.2 Å². The van der Waals surface area contributed by atoms with E-state index in [1.54, 1.807) is 0 Å². The first-order valence-corrected chi connectivity index (χ1v) is 6.32. The van der Waals surface area contributed by atoms with E-state index in [9.17, 15) is 18.0 Å². The lowest BCUT2D eigenvalue weighted by Crippen LogP contribution is -2.14. The number of rotatable bonds is 2. The van der Waals surface area contributed by atoms with Crippen molar-refractivity contribution in [3.63, 3.8) is 0 Å². The van der Waals surface area contributed by atoms with Gasteiger partial charge in [-0.15, -0.1) is 0 Å². The number of benzene rings is 1. The Morgan fingerprint density at radius 1 is 1.14 bits per heavy atom. The standard InChI is InChI=1S/C13H7Cl2F3N2O/c14-10-2-1-7(5-9(10)13(16,17)18)20-12(21)8-3-4-19-6-11(8)15/h1-6H,(H,20,21). The maximum Gasteiger partial charge on any atom is 0.417 e. The van der Waals surface area contributed by atoms with E-state index in [0.29, 0.717) is 0 Å². The van der Waals surface area contributed by atoms with Gasteiger partial charge in [-0.2, -0.15) is 13.2 Å². The van der Waals surface area contributed by atoms with Crippen LogP contribution in [0.1, 0.15) is 15.9 Å². The van der Waals surface area contributed by atoms with Gasteiger partial charge in [-0.05, 0) is 24.3 Å². The number of halogens is 5. The number of pyridine rings is 1. The molecule has 1 heterocycles. The van der Waals surface area contributed by atoms with Gasteiger partial charge in [0.25, 0.3) is 5.91 Å². The zero-order valence-electron chi connectivity index (χ0n) is 10.2. The van der Waals surface area contributed by atoms with Crippen molar-refractivity contribution in [1.82, 2.24) is 4.98 Å². The fourth-order valence-corrected chi connectivity index (χ4v) is 2.01. The van der Waals surface area contributed by atoms with Crippen LogP contribution >= 0.6 is 23.2 Å². The number of nitrogens with one attached hydrogen (secondary N) is 1. The third-order valence-electron chi connectivity index (χ3n) is 2.55. The maximum absolute atomic E-state index is 12.7. The molecule has 0 aliphatic carbocycles. The van der Waals surface area contributed by atoms with Crippen molar-refractivity contribution in [2.45, 2.75) is 6.18 Å². The average molecular weight is 335 g/mol. The SMILES string of the molecule is O=C(Nc1ccc(Cl)c(C(F)(F)F)c1)c1ccncc1Cl. The summed E-state index contributed by atoms with van der Waals surface area (Å²) in [6.07, 6.45) is -1.99. The molecule has 21 heavy (non-hydrogen) atoms. The molecule has 1 amide bonds. The number of hydrogen-bond acceptors (Lipinski definition) is 2. The maximum atomic E-state index is 12.7. The highest BCUT2D eigenvalue weighted by Crippen LogP contribution is 2.36. The van der Waals surface area contributed by atoms with Crippen molar-refractivity contribution in [3.05, 3.63) is 57.8 Å². The summed E-state index contributed by atoms with van der Waals surface area (Å²) in [6.45, 7) is 0. The third-order valence-corrected chi connectivity index (χ3v) is 3.18. The van der Waals surface area contributed by atoms with Gasteiger partial charge in [0.1, 0.15) is 0 Å². The van der Waals surface area contributed by atoms with Gasteiger partial charge in [0.05, 0.1) is 21.2 Å². The van der Waals surface area contributed by atoms with Crippen LogP contribution in [0.15, 0.2) is 36.7 Å². The smallest absolute Gasteiger partial charge is 0.322 e. The second-order valence-corrected chi connectivity index (χ2v) is 4.82. The highest BCUT2D eigenvalue weighted by atomic mass is 35.5. The minimum absolute atomic E-state index is 0.0374. The van der Waals surface area contributed by atoms with Crippen LogP contribution in [0.25, 0.3) is 0 Å². The van der Waals surface area contributed by atoms with Crippen molar-refractivity contribution < 1.29 is 18.0 Å². The Labute approximate surface area is 127 Å². The lowest BCUT2D eigenvalue weighted by Gasteiger charge is -2.12. The van der Waals surface area contributed by atoms with Gasteiger partial charge in [-0.25, -0.2) is 0 Å². The quantitative estimate of drug-likeness (QED) is 0.867. The van der Waals surface area contributed by atoms with Crippen LogP contribution in [0.4, 0.5) is 18.9 Å². The zero-order valence-corrected chi connectivity index (χ0v) is 11.7. The van der Waals surface area contributed by atoms with Gasteiger partial charge in [0, 0.05) is 18.1 Å². The van der Waals surface area contributed by atoms with Crippen molar-refractivity contribution in [1.29, 1.82) is 0 Å². The molecule has 1 aromatic heterocycles. The van der Waals surface area contributed by atoms with E-state index in [-0.39, 0.29) is 16.3 Å². The largest absolute Gasteiger partial charge is 0.417 e. The van der Waals surface area contributed by atoms with Crippen LogP contribution in [-0.4, -0.2) is 10.9 Å². The predicted molar refractivity (Wildman–Crippen MR) is 73.7 cm³/mol. The van der Waals surface area contributed by atoms with Crippen LogP contribution in [-0.2, 0) is 6.18 Å². The molecule has 0 saturated heterocycles. The topological polar surface area (TPSA) is 42.0 Å². The molecule has 2 aromatic rings. The number of aromatic nitrogens is 1. The van der Waals surface area contributed by atoms with Crippen molar-refractivity contribution in [3.8, 4) is 0 Å². The molecule has 0 atom stereocenters. The molecule has 2 rings (SSSR count). The Morgan fingerprint density at radius 3 is 2.48 bits per heavy atom. The van der Waals surface area contributed by atoms with Gasteiger partial charge in [0.15, 0.2) is 0 Å². The summed E-state index contributed by atoms with van der Waals surface area (Å²) in [7, 11) is 0. The highest BCUT2D eigenvalue weighted by molar-refractivity contribution is 6.34. The summed E-state index contributed by atoms with van der Waals surface area (Å²) in [4.78, 5) is 15.7. The molecular weight excluding hydrogens is 328 g/mol. The molecule has 3 nitrogen and oxygen atoms in total. The molecule has 0 bridgehead atoms. The Hall–Kier alpha value is -1.79. The molecule has 0 radical (unpaired) electrons. The third kappa shape index (κ3) is 3.65. The Kier molecular flexibility index (Phi) is 4.39. The molecule has 8 heteroatoms. The van der Waals surface area contributed by atoms with Crippen molar-refractivity contribution in [2.75, 3.05) is 5.32 Å². The Balaban J connectivity index is 2.29. The van der Waals surface area contributed by atoms with Crippen LogP contribution in [0, 0.1) is 0 Å². The van der Waals surface area contributed by atoms with E-state index in [2.05, 4.69) is 10.3 Å². The average Bonchev–Trinajstić information content (AvgIpc) is 2.40. The molecule has 0 saturated carbocycles. The van der Waals surface area contributed by atoms with Gasteiger partial charge in [0.2, 0.25) is 0 Å². The van der Waals surface area contributed by atoms with Gasteiger partial charge in [-0.3, -0.25) is 9.78 Å². The van der Waals surface area contributed by atoms with E-state index in [1.165, 1.54) is 24.5 Å². The van der Waals surface area contributed by atoms with Crippen LogP contribution < -0.4 is 5.32 Å². The molecular formula is C13H7Cl2F3N2O. The second-order valence-electron chi connectivity index (χ2n) is 4.00. The number of hydrogen-bond donors (Lipinski definition) is 1. The molecule has 1 N–H and O–H groups in total. The summed E-state index contributed by atoms with van der Waals surface area (Å²) in [5, 5.41) is 1.98. The van der Waals surface area contributed by atoms with Crippen LogP contribution in [0.2, 0.25) is 10.0 Å². The lowest BCUT2D eigenvalue weighted by atomic mass is 10.2. The fraction of sp³-hybridized carbons (Fsp3) is 0.0769. The van der Waals surface area contributed by atoms with Crippen LogP contribution in [0.3, 0.4) is 0 Å². The summed E-state index contributed by atoms with van der Waals surface area (Å²) in [5.74, 6) is -0.641. The summed E-state index contributed by atoms with van der Waals surface area (Å²) in [5.41, 5.74) is -0.956. The van der Waals surface area contributed by atoms with Crippen molar-refractivity contribution in [2.24, 2.45) is 0 Å². The van der Waals surface area contributed by atoms with Gasteiger partial charge in [-0.1, -0.05) is 23.2 Å². The summed E-state index contributed by atoms with van der Waals surface area (Å²) < 4.78 is 38.2. The highest BCUT2D eigenvalue weighted by Gasteiger charge is 2.33.